The first-order chi connectivity index (χ1) is 9.35. The van der Waals surface area contributed by atoms with E-state index >= 15 is 0 Å². The number of guanidine groups is 1. The van der Waals surface area contributed by atoms with E-state index in [1.807, 2.05) is 7.05 Å². The lowest BCUT2D eigenvalue weighted by Crippen LogP contribution is -2.49. The lowest BCUT2D eigenvalue weighted by Gasteiger charge is -2.33. The molecule has 1 saturated heterocycles. The average molecular weight is 264 g/mol. The second-order valence-electron chi connectivity index (χ2n) is 6.42. The molecule has 0 aromatic carbocycles. The van der Waals surface area contributed by atoms with Gasteiger partial charge in [0, 0.05) is 38.8 Å². The van der Waals surface area contributed by atoms with Crippen molar-refractivity contribution < 1.29 is 0 Å². The monoisotopic (exact) mass is 264 g/mol. The summed E-state index contributed by atoms with van der Waals surface area (Å²) in [6.07, 6.45) is 9.58. The maximum atomic E-state index is 4.35. The van der Waals surface area contributed by atoms with Crippen molar-refractivity contribution in [2.24, 2.45) is 10.9 Å². The molecule has 1 heterocycles. The molecule has 4 nitrogen and oxygen atoms in total. The van der Waals surface area contributed by atoms with Gasteiger partial charge in [-0.2, -0.15) is 0 Å². The summed E-state index contributed by atoms with van der Waals surface area (Å²) in [5, 5.41) is 7.05. The number of nitrogens with one attached hydrogen (secondary N) is 2. The minimum Gasteiger partial charge on any atom is -0.356 e. The van der Waals surface area contributed by atoms with E-state index in [0.717, 1.165) is 24.5 Å². The van der Waals surface area contributed by atoms with Crippen LogP contribution in [-0.4, -0.2) is 49.6 Å². The van der Waals surface area contributed by atoms with Gasteiger partial charge in [0.1, 0.15) is 0 Å². The third kappa shape index (κ3) is 4.10. The molecule has 0 atom stereocenters. The first kappa shape index (κ1) is 13.2. The molecule has 0 aromatic heterocycles. The Bertz CT molecular complexity index is 312. The standard InChI is InChI=1S/C15H28N4/c1-16-15(17-9-6-12-2-3-12)18-13-7-10-19(11-8-13)14-4-5-14/h12-14H,2-11H2,1H3,(H2,16,17,18). The Morgan fingerprint density at radius 2 is 1.84 bits per heavy atom. The zero-order chi connectivity index (χ0) is 13.1. The molecule has 3 fully saturated rings. The summed E-state index contributed by atoms with van der Waals surface area (Å²) in [4.78, 5) is 7.01. The van der Waals surface area contributed by atoms with Crippen molar-refractivity contribution >= 4 is 5.96 Å². The van der Waals surface area contributed by atoms with Gasteiger partial charge in [-0.3, -0.25) is 4.99 Å². The highest BCUT2D eigenvalue weighted by Crippen LogP contribution is 2.31. The van der Waals surface area contributed by atoms with Crippen LogP contribution in [0.1, 0.15) is 44.9 Å². The number of rotatable bonds is 5. The number of likely N-dealkylation sites (tertiary alicyclic amines) is 1. The van der Waals surface area contributed by atoms with Gasteiger partial charge in [-0.25, -0.2) is 0 Å². The first-order valence-electron chi connectivity index (χ1n) is 8.06. The van der Waals surface area contributed by atoms with Gasteiger partial charge in [-0.15, -0.1) is 0 Å². The molecule has 0 aromatic rings. The minimum atomic E-state index is 0.613. The summed E-state index contributed by atoms with van der Waals surface area (Å²) in [6.45, 7) is 3.61. The van der Waals surface area contributed by atoms with E-state index in [1.165, 1.54) is 58.0 Å². The van der Waals surface area contributed by atoms with Crippen molar-refractivity contribution in [3.8, 4) is 0 Å². The second kappa shape index (κ2) is 6.12. The minimum absolute atomic E-state index is 0.613. The molecular formula is C15H28N4. The van der Waals surface area contributed by atoms with Gasteiger partial charge in [-0.1, -0.05) is 12.8 Å². The summed E-state index contributed by atoms with van der Waals surface area (Å²) in [5.74, 6) is 2.00. The summed E-state index contributed by atoms with van der Waals surface area (Å²) in [6, 6.07) is 1.54. The molecule has 0 radical (unpaired) electrons. The van der Waals surface area contributed by atoms with Crippen LogP contribution in [0.3, 0.4) is 0 Å². The molecule has 0 unspecified atom stereocenters. The van der Waals surface area contributed by atoms with E-state index in [1.54, 1.807) is 0 Å². The predicted molar refractivity (Wildman–Crippen MR) is 79.5 cm³/mol. The van der Waals surface area contributed by atoms with Crippen LogP contribution in [0.5, 0.6) is 0 Å². The highest BCUT2D eigenvalue weighted by molar-refractivity contribution is 5.79. The molecule has 0 spiro atoms. The van der Waals surface area contributed by atoms with Crippen LogP contribution in [0.25, 0.3) is 0 Å². The fraction of sp³-hybridized carbons (Fsp3) is 0.933. The van der Waals surface area contributed by atoms with E-state index in [2.05, 4.69) is 20.5 Å². The maximum Gasteiger partial charge on any atom is 0.191 e. The van der Waals surface area contributed by atoms with Crippen molar-refractivity contribution in [3.05, 3.63) is 0 Å². The molecule has 19 heavy (non-hydrogen) atoms. The third-order valence-corrected chi connectivity index (χ3v) is 4.70. The number of piperidine rings is 1. The number of hydrogen-bond donors (Lipinski definition) is 2. The van der Waals surface area contributed by atoms with Crippen LogP contribution in [0.4, 0.5) is 0 Å². The Kier molecular flexibility index (Phi) is 4.26. The summed E-state index contributed by atoms with van der Waals surface area (Å²) < 4.78 is 0. The fourth-order valence-electron chi connectivity index (χ4n) is 3.04. The maximum absolute atomic E-state index is 4.35. The van der Waals surface area contributed by atoms with Crippen LogP contribution in [0, 0.1) is 5.92 Å². The Balaban J connectivity index is 1.34. The average Bonchev–Trinajstić information content (AvgIpc) is 3.30. The molecule has 2 aliphatic carbocycles. The molecule has 0 amide bonds. The molecule has 2 saturated carbocycles. The van der Waals surface area contributed by atoms with Crippen molar-refractivity contribution in [1.82, 2.24) is 15.5 Å². The molecule has 4 heteroatoms. The zero-order valence-electron chi connectivity index (χ0n) is 12.2. The Morgan fingerprint density at radius 1 is 1.11 bits per heavy atom. The first-order valence-corrected chi connectivity index (χ1v) is 8.06. The number of hydrogen-bond acceptors (Lipinski definition) is 2. The van der Waals surface area contributed by atoms with Gasteiger partial charge >= 0.3 is 0 Å². The summed E-state index contributed by atoms with van der Waals surface area (Å²) in [5.41, 5.74) is 0. The number of aliphatic imine (C=N–C) groups is 1. The Hall–Kier alpha value is -0.770. The topological polar surface area (TPSA) is 39.7 Å². The molecule has 3 aliphatic rings. The van der Waals surface area contributed by atoms with Crippen molar-refractivity contribution in [2.75, 3.05) is 26.7 Å². The van der Waals surface area contributed by atoms with Crippen molar-refractivity contribution in [3.63, 3.8) is 0 Å². The normalized spacial score (nSPS) is 26.5. The third-order valence-electron chi connectivity index (χ3n) is 4.70. The molecule has 0 bridgehead atoms. The van der Waals surface area contributed by atoms with Gasteiger partial charge in [-0.05, 0) is 38.0 Å². The zero-order valence-corrected chi connectivity index (χ0v) is 12.2. The van der Waals surface area contributed by atoms with Crippen LogP contribution in [0.2, 0.25) is 0 Å². The summed E-state index contributed by atoms with van der Waals surface area (Å²) >= 11 is 0. The van der Waals surface area contributed by atoms with Gasteiger partial charge in [0.15, 0.2) is 5.96 Å². The van der Waals surface area contributed by atoms with E-state index in [9.17, 15) is 0 Å². The van der Waals surface area contributed by atoms with Crippen molar-refractivity contribution in [2.45, 2.75) is 57.0 Å². The Morgan fingerprint density at radius 3 is 2.42 bits per heavy atom. The highest BCUT2D eigenvalue weighted by Gasteiger charge is 2.31. The van der Waals surface area contributed by atoms with Crippen LogP contribution in [0.15, 0.2) is 4.99 Å². The molecule has 3 rings (SSSR count). The fourth-order valence-corrected chi connectivity index (χ4v) is 3.04. The van der Waals surface area contributed by atoms with Gasteiger partial charge < -0.3 is 15.5 Å². The second-order valence-corrected chi connectivity index (χ2v) is 6.42. The van der Waals surface area contributed by atoms with Crippen LogP contribution < -0.4 is 10.6 Å². The number of nitrogens with zero attached hydrogens (tertiary/aromatic N) is 2. The lowest BCUT2D eigenvalue weighted by molar-refractivity contribution is 0.197. The molecular weight excluding hydrogens is 236 g/mol. The SMILES string of the molecule is CN=C(NCCC1CC1)NC1CCN(C2CC2)CC1. The van der Waals surface area contributed by atoms with Gasteiger partial charge in [0.05, 0.1) is 0 Å². The van der Waals surface area contributed by atoms with E-state index in [0.29, 0.717) is 6.04 Å². The quantitative estimate of drug-likeness (QED) is 0.585. The van der Waals surface area contributed by atoms with Gasteiger partial charge in [0.25, 0.3) is 0 Å². The molecule has 108 valence electrons. The highest BCUT2D eigenvalue weighted by atomic mass is 15.2. The smallest absolute Gasteiger partial charge is 0.191 e. The van der Waals surface area contributed by atoms with Crippen LogP contribution >= 0.6 is 0 Å². The van der Waals surface area contributed by atoms with E-state index in [4.69, 9.17) is 0 Å². The predicted octanol–water partition coefficient (Wildman–Crippen LogP) is 1.58. The largest absolute Gasteiger partial charge is 0.356 e. The summed E-state index contributed by atoms with van der Waals surface area (Å²) in [7, 11) is 1.88. The molecule has 2 N–H and O–H groups in total. The Labute approximate surface area is 117 Å². The van der Waals surface area contributed by atoms with Crippen molar-refractivity contribution in [1.29, 1.82) is 0 Å². The molecule has 1 aliphatic heterocycles. The lowest BCUT2D eigenvalue weighted by atomic mass is 10.1. The van der Waals surface area contributed by atoms with E-state index in [-0.39, 0.29) is 0 Å². The van der Waals surface area contributed by atoms with Gasteiger partial charge in [0.2, 0.25) is 0 Å². The van der Waals surface area contributed by atoms with E-state index < -0.39 is 0 Å². The van der Waals surface area contributed by atoms with Crippen LogP contribution in [-0.2, 0) is 0 Å².